The molecule has 0 saturated heterocycles. The zero-order valence-electron chi connectivity index (χ0n) is 9.78. The number of nitrogens with zero attached hydrogens (tertiary/aromatic N) is 2. The number of nitrogens with one attached hydrogen (secondary N) is 1. The van der Waals surface area contributed by atoms with Gasteiger partial charge in [0.05, 0.1) is 12.7 Å². The minimum absolute atomic E-state index is 0.250. The molecule has 0 spiro atoms. The summed E-state index contributed by atoms with van der Waals surface area (Å²) in [4.78, 5) is 11.7. The van der Waals surface area contributed by atoms with Crippen molar-refractivity contribution in [3.05, 3.63) is 18.0 Å². The van der Waals surface area contributed by atoms with E-state index in [4.69, 9.17) is 0 Å². The monoisotopic (exact) mass is 221 g/mol. The van der Waals surface area contributed by atoms with Crippen molar-refractivity contribution in [2.75, 3.05) is 6.54 Å². The second-order valence-electron chi connectivity index (χ2n) is 4.60. The maximum Gasteiger partial charge on any atom is 0.151 e. The molecular formula is C12H19N3O. The van der Waals surface area contributed by atoms with Crippen LogP contribution in [0.2, 0.25) is 0 Å². The Morgan fingerprint density at radius 3 is 2.94 bits per heavy atom. The Morgan fingerprint density at radius 1 is 1.56 bits per heavy atom. The van der Waals surface area contributed by atoms with Gasteiger partial charge in [-0.3, -0.25) is 9.48 Å². The van der Waals surface area contributed by atoms with E-state index in [9.17, 15) is 4.79 Å². The van der Waals surface area contributed by atoms with E-state index in [0.717, 1.165) is 5.56 Å². The van der Waals surface area contributed by atoms with Gasteiger partial charge in [-0.05, 0) is 18.4 Å². The fourth-order valence-corrected chi connectivity index (χ4v) is 2.24. The van der Waals surface area contributed by atoms with E-state index in [2.05, 4.69) is 10.4 Å². The smallest absolute Gasteiger partial charge is 0.151 e. The number of ketones is 1. The van der Waals surface area contributed by atoms with Gasteiger partial charge in [-0.15, -0.1) is 0 Å². The molecule has 0 amide bonds. The number of Topliss-reactive ketones (excluding diaryl/α,β-unsaturated/α-hetero) is 1. The largest absolute Gasteiger partial charge is 0.307 e. The van der Waals surface area contributed by atoms with Crippen LogP contribution >= 0.6 is 0 Å². The first kappa shape index (κ1) is 11.3. The van der Waals surface area contributed by atoms with Crippen molar-refractivity contribution in [2.24, 2.45) is 7.05 Å². The normalized spacial score (nSPS) is 16.8. The van der Waals surface area contributed by atoms with Crippen LogP contribution in [0, 0.1) is 0 Å². The van der Waals surface area contributed by atoms with Gasteiger partial charge in [-0.25, -0.2) is 0 Å². The molecule has 0 aliphatic heterocycles. The minimum atomic E-state index is 0.250. The lowest BCUT2D eigenvalue weighted by atomic mass is 10.1. The highest BCUT2D eigenvalue weighted by Gasteiger charge is 2.15. The molecule has 1 fully saturated rings. The number of carbonyl (C=O) groups is 1. The molecule has 1 heterocycles. The van der Waals surface area contributed by atoms with Gasteiger partial charge in [0.15, 0.2) is 5.78 Å². The minimum Gasteiger partial charge on any atom is -0.307 e. The Kier molecular flexibility index (Phi) is 3.72. The second kappa shape index (κ2) is 5.25. The summed E-state index contributed by atoms with van der Waals surface area (Å²) in [6.07, 6.45) is 9.19. The molecule has 1 saturated carbocycles. The van der Waals surface area contributed by atoms with E-state index in [1.54, 1.807) is 10.9 Å². The highest BCUT2D eigenvalue weighted by atomic mass is 16.1. The highest BCUT2D eigenvalue weighted by molar-refractivity contribution is 5.82. The molecule has 0 aromatic carbocycles. The van der Waals surface area contributed by atoms with Crippen LogP contribution in [-0.4, -0.2) is 28.2 Å². The molecule has 16 heavy (non-hydrogen) atoms. The van der Waals surface area contributed by atoms with E-state index >= 15 is 0 Å². The molecule has 0 bridgehead atoms. The number of aromatic nitrogens is 2. The van der Waals surface area contributed by atoms with Crippen LogP contribution in [0.15, 0.2) is 12.4 Å². The third kappa shape index (κ3) is 3.17. The number of carbonyl (C=O) groups excluding carboxylic acids is 1. The molecule has 1 aromatic heterocycles. The number of hydrogen-bond donors (Lipinski definition) is 1. The van der Waals surface area contributed by atoms with Crippen LogP contribution in [0.25, 0.3) is 0 Å². The van der Waals surface area contributed by atoms with Gasteiger partial charge in [-0.1, -0.05) is 12.8 Å². The lowest BCUT2D eigenvalue weighted by Crippen LogP contribution is -2.32. The summed E-state index contributed by atoms with van der Waals surface area (Å²) >= 11 is 0. The van der Waals surface area contributed by atoms with E-state index in [-0.39, 0.29) is 5.78 Å². The van der Waals surface area contributed by atoms with Crippen molar-refractivity contribution in [1.29, 1.82) is 0 Å². The van der Waals surface area contributed by atoms with Gasteiger partial charge in [0.1, 0.15) is 0 Å². The van der Waals surface area contributed by atoms with Crippen LogP contribution in [0.4, 0.5) is 0 Å². The van der Waals surface area contributed by atoms with E-state index in [1.807, 2.05) is 13.2 Å². The van der Waals surface area contributed by atoms with E-state index in [1.165, 1.54) is 25.7 Å². The summed E-state index contributed by atoms with van der Waals surface area (Å²) in [6.45, 7) is 0.500. The molecule has 0 unspecified atom stereocenters. The number of aryl methyl sites for hydroxylation is 1. The Bertz CT molecular complexity index is 353. The van der Waals surface area contributed by atoms with Crippen LogP contribution in [0.1, 0.15) is 31.2 Å². The van der Waals surface area contributed by atoms with Gasteiger partial charge >= 0.3 is 0 Å². The van der Waals surface area contributed by atoms with Crippen molar-refractivity contribution in [1.82, 2.24) is 15.1 Å². The summed E-state index contributed by atoms with van der Waals surface area (Å²) in [7, 11) is 1.87. The first-order valence-corrected chi connectivity index (χ1v) is 5.96. The van der Waals surface area contributed by atoms with Crippen molar-refractivity contribution < 1.29 is 4.79 Å². The third-order valence-electron chi connectivity index (χ3n) is 3.10. The quantitative estimate of drug-likeness (QED) is 0.809. The zero-order valence-corrected chi connectivity index (χ0v) is 9.78. The Labute approximate surface area is 96.0 Å². The summed E-state index contributed by atoms with van der Waals surface area (Å²) in [6, 6.07) is 0.567. The molecule has 1 aliphatic carbocycles. The Morgan fingerprint density at radius 2 is 2.31 bits per heavy atom. The van der Waals surface area contributed by atoms with Crippen molar-refractivity contribution in [2.45, 2.75) is 38.1 Å². The van der Waals surface area contributed by atoms with Gasteiger partial charge in [0, 0.05) is 25.7 Å². The molecule has 4 nitrogen and oxygen atoms in total. The Hall–Kier alpha value is -1.16. The lowest BCUT2D eigenvalue weighted by Gasteiger charge is -2.10. The molecule has 1 N–H and O–H groups in total. The van der Waals surface area contributed by atoms with Crippen molar-refractivity contribution >= 4 is 5.78 Å². The maximum atomic E-state index is 11.7. The number of hydrogen-bond acceptors (Lipinski definition) is 3. The number of rotatable bonds is 5. The standard InChI is InChI=1S/C12H19N3O/c1-15-9-10(7-14-15)6-12(16)8-13-11-4-2-3-5-11/h7,9,11,13H,2-6,8H2,1H3. The SMILES string of the molecule is Cn1cc(CC(=O)CNC2CCCC2)cn1. The van der Waals surface area contributed by atoms with Gasteiger partial charge in [-0.2, -0.15) is 5.10 Å². The average molecular weight is 221 g/mol. The second-order valence-corrected chi connectivity index (χ2v) is 4.60. The molecule has 1 aromatic rings. The molecule has 0 radical (unpaired) electrons. The molecular weight excluding hydrogens is 202 g/mol. The predicted octanol–water partition coefficient (Wildman–Crippen LogP) is 1.06. The van der Waals surface area contributed by atoms with E-state index < -0.39 is 0 Å². The molecule has 1 aliphatic rings. The van der Waals surface area contributed by atoms with Crippen molar-refractivity contribution in [3.63, 3.8) is 0 Å². The fourth-order valence-electron chi connectivity index (χ4n) is 2.24. The van der Waals surface area contributed by atoms with Crippen LogP contribution in [0.5, 0.6) is 0 Å². The Balaban J connectivity index is 1.71. The first-order chi connectivity index (χ1) is 7.74. The molecule has 0 atom stereocenters. The molecule has 88 valence electrons. The fraction of sp³-hybridized carbons (Fsp3) is 0.667. The summed E-state index contributed by atoms with van der Waals surface area (Å²) < 4.78 is 1.73. The highest BCUT2D eigenvalue weighted by Crippen LogP contribution is 2.17. The molecule has 4 heteroatoms. The molecule has 2 rings (SSSR count). The third-order valence-corrected chi connectivity index (χ3v) is 3.10. The lowest BCUT2D eigenvalue weighted by molar-refractivity contribution is -0.117. The topological polar surface area (TPSA) is 46.9 Å². The first-order valence-electron chi connectivity index (χ1n) is 5.96. The summed E-state index contributed by atoms with van der Waals surface area (Å²) in [5, 5.41) is 7.38. The van der Waals surface area contributed by atoms with Crippen molar-refractivity contribution in [3.8, 4) is 0 Å². The summed E-state index contributed by atoms with van der Waals surface area (Å²) in [5.41, 5.74) is 1.00. The predicted molar refractivity (Wildman–Crippen MR) is 62.2 cm³/mol. The van der Waals surface area contributed by atoms with Crippen LogP contribution in [-0.2, 0) is 18.3 Å². The van der Waals surface area contributed by atoms with Gasteiger partial charge in [0.25, 0.3) is 0 Å². The average Bonchev–Trinajstić information content (AvgIpc) is 2.87. The van der Waals surface area contributed by atoms with Gasteiger partial charge < -0.3 is 5.32 Å². The van der Waals surface area contributed by atoms with Crippen LogP contribution < -0.4 is 5.32 Å². The van der Waals surface area contributed by atoms with E-state index in [0.29, 0.717) is 19.0 Å². The summed E-state index contributed by atoms with van der Waals surface area (Å²) in [5.74, 6) is 0.250. The van der Waals surface area contributed by atoms with Gasteiger partial charge in [0.2, 0.25) is 0 Å². The maximum absolute atomic E-state index is 11.7. The van der Waals surface area contributed by atoms with Crippen LogP contribution in [0.3, 0.4) is 0 Å². The zero-order chi connectivity index (χ0) is 11.4.